The monoisotopic (exact) mass is 514 g/mol. The molecule has 4 aromatic carbocycles. The Bertz CT molecular complexity index is 1410. The second-order valence-corrected chi connectivity index (χ2v) is 8.25. The minimum absolute atomic E-state index is 0.164. The fourth-order valence-electron chi connectivity index (χ4n) is 3.91. The molecule has 1 heterocycles. The van der Waals surface area contributed by atoms with Crippen LogP contribution in [0.25, 0.3) is 33.6 Å². The average Bonchev–Trinajstić information content (AvgIpc) is 2.94. The first-order valence-electron chi connectivity index (χ1n) is 11.8. The van der Waals surface area contributed by atoms with Crippen LogP contribution in [0.2, 0.25) is 0 Å². The molecule has 0 spiro atoms. The van der Waals surface area contributed by atoms with Gasteiger partial charge in [-0.3, -0.25) is 4.79 Å². The van der Waals surface area contributed by atoms with Gasteiger partial charge in [-0.1, -0.05) is 89.6 Å². The Morgan fingerprint density at radius 2 is 0.868 bits per heavy atom. The molecule has 0 aliphatic carbocycles. The number of aromatic nitrogens is 1. The number of nitrogens with one attached hydrogen (secondary N) is 1. The number of pyridine rings is 1. The molecule has 1 amide bonds. The van der Waals surface area contributed by atoms with Crippen LogP contribution in [0.5, 0.6) is 0 Å². The Morgan fingerprint density at radius 1 is 0.526 bits per heavy atom. The van der Waals surface area contributed by atoms with Crippen molar-refractivity contribution >= 4 is 13.2 Å². The summed E-state index contributed by atoms with van der Waals surface area (Å²) in [6.45, 7) is 0. The lowest BCUT2D eigenvalue weighted by molar-refractivity contribution is -0.618. The van der Waals surface area contributed by atoms with Crippen LogP contribution in [0.15, 0.2) is 133 Å². The minimum atomic E-state index is -6.00. The molecule has 3 nitrogen and oxygen atoms in total. The van der Waals surface area contributed by atoms with E-state index in [1.807, 2.05) is 89.6 Å². The van der Waals surface area contributed by atoms with E-state index in [-0.39, 0.29) is 5.91 Å². The SMILES string of the molecule is F[B-](F)(F)F.O=C(N[n+]1c(-c2ccccc2)cc(-c2ccccc2)cc1-c1ccccc1)c1ccccc1. The molecule has 0 saturated heterocycles. The van der Waals surface area contributed by atoms with Crippen LogP contribution in [0.1, 0.15) is 10.4 Å². The zero-order valence-corrected chi connectivity index (χ0v) is 20.1. The van der Waals surface area contributed by atoms with Crippen molar-refractivity contribution in [2.45, 2.75) is 0 Å². The lowest BCUT2D eigenvalue weighted by Crippen LogP contribution is -2.51. The van der Waals surface area contributed by atoms with Gasteiger partial charge in [-0.2, -0.15) is 0 Å². The second kappa shape index (κ2) is 12.0. The molecule has 1 N–H and O–H groups in total. The average molecular weight is 514 g/mol. The molecule has 0 atom stereocenters. The van der Waals surface area contributed by atoms with E-state index in [4.69, 9.17) is 0 Å². The molecule has 0 bridgehead atoms. The molecule has 0 aliphatic rings. The van der Waals surface area contributed by atoms with Gasteiger partial charge in [0.15, 0.2) is 0 Å². The molecule has 38 heavy (non-hydrogen) atoms. The van der Waals surface area contributed by atoms with E-state index >= 15 is 0 Å². The molecule has 0 saturated carbocycles. The Kier molecular flexibility index (Phi) is 8.33. The van der Waals surface area contributed by atoms with Crippen LogP contribution in [0.3, 0.4) is 0 Å². The quantitative estimate of drug-likeness (QED) is 0.146. The molecule has 1 aromatic heterocycles. The normalized spacial score (nSPS) is 10.7. The second-order valence-electron chi connectivity index (χ2n) is 8.25. The molecule has 5 rings (SSSR count). The van der Waals surface area contributed by atoms with Gasteiger partial charge in [-0.15, -0.1) is 5.43 Å². The number of nitrogens with zero attached hydrogens (tertiary/aromatic N) is 1. The van der Waals surface area contributed by atoms with Crippen LogP contribution < -0.4 is 10.1 Å². The number of hydrogen-bond donors (Lipinski definition) is 1. The molecule has 8 heteroatoms. The smallest absolute Gasteiger partial charge is 0.418 e. The Balaban J connectivity index is 0.000000617. The lowest BCUT2D eigenvalue weighted by atomic mass is 9.99. The predicted molar refractivity (Wildman–Crippen MR) is 143 cm³/mol. The summed E-state index contributed by atoms with van der Waals surface area (Å²) in [5.41, 5.74) is 9.79. The van der Waals surface area contributed by atoms with Crippen molar-refractivity contribution in [2.24, 2.45) is 0 Å². The number of hydrogen-bond acceptors (Lipinski definition) is 1. The standard InChI is InChI=1S/C30H22N2O.BF4/c33-30(26-19-11-4-12-20-26)31-32-28(24-15-7-2-8-16-24)21-27(23-13-5-1-6-14-23)22-29(32)25-17-9-3-10-18-25;2-1(3,4)5/h1-22H;/q;-1/p+1. The summed E-state index contributed by atoms with van der Waals surface area (Å²) >= 11 is 0. The minimum Gasteiger partial charge on any atom is -0.418 e. The largest absolute Gasteiger partial charge is 0.673 e. The van der Waals surface area contributed by atoms with Gasteiger partial charge in [-0.25, -0.2) is 0 Å². The van der Waals surface area contributed by atoms with Crippen molar-refractivity contribution in [1.82, 2.24) is 0 Å². The van der Waals surface area contributed by atoms with Gasteiger partial charge < -0.3 is 17.3 Å². The summed E-state index contributed by atoms with van der Waals surface area (Å²) in [5.74, 6) is -0.164. The summed E-state index contributed by atoms with van der Waals surface area (Å²) < 4.78 is 40.9. The third-order valence-electron chi connectivity index (χ3n) is 5.56. The molecule has 0 radical (unpaired) electrons. The first kappa shape index (κ1) is 26.4. The molecule has 5 aromatic rings. The van der Waals surface area contributed by atoms with Crippen LogP contribution in [-0.2, 0) is 0 Å². The summed E-state index contributed by atoms with van der Waals surface area (Å²) in [6, 6.07) is 44.1. The fraction of sp³-hybridized carbons (Fsp3) is 0. The zero-order chi connectivity index (χ0) is 27.0. The van der Waals surface area contributed by atoms with E-state index in [2.05, 4.69) is 54.0 Å². The van der Waals surface area contributed by atoms with Gasteiger partial charge in [0.25, 0.3) is 0 Å². The van der Waals surface area contributed by atoms with E-state index in [0.29, 0.717) is 5.56 Å². The van der Waals surface area contributed by atoms with Crippen molar-refractivity contribution < 1.29 is 26.7 Å². The number of carbonyl (C=O) groups is 1. The Hall–Kier alpha value is -4.72. The van der Waals surface area contributed by atoms with Gasteiger partial charge in [0.2, 0.25) is 11.4 Å². The zero-order valence-electron chi connectivity index (χ0n) is 20.1. The lowest BCUT2D eigenvalue weighted by Gasteiger charge is -2.12. The van der Waals surface area contributed by atoms with Gasteiger partial charge in [-0.05, 0) is 47.5 Å². The number of amides is 1. The van der Waals surface area contributed by atoms with Crippen molar-refractivity contribution in [3.8, 4) is 33.6 Å². The van der Waals surface area contributed by atoms with Crippen LogP contribution >= 0.6 is 0 Å². The highest BCUT2D eigenvalue weighted by molar-refractivity contribution is 6.50. The van der Waals surface area contributed by atoms with Crippen LogP contribution in [-0.4, -0.2) is 13.2 Å². The maximum Gasteiger partial charge on any atom is 0.673 e. The van der Waals surface area contributed by atoms with Crippen molar-refractivity contribution in [2.75, 3.05) is 5.43 Å². The maximum absolute atomic E-state index is 13.2. The first-order valence-corrected chi connectivity index (χ1v) is 11.8. The Morgan fingerprint density at radius 3 is 1.26 bits per heavy atom. The molecule has 0 aliphatic heterocycles. The molecule has 190 valence electrons. The van der Waals surface area contributed by atoms with Crippen LogP contribution in [0, 0.1) is 0 Å². The van der Waals surface area contributed by atoms with E-state index in [9.17, 15) is 22.1 Å². The van der Waals surface area contributed by atoms with Gasteiger partial charge in [0.05, 0.1) is 0 Å². The highest BCUT2D eigenvalue weighted by Gasteiger charge is 2.25. The maximum atomic E-state index is 13.2. The third-order valence-corrected chi connectivity index (χ3v) is 5.56. The highest BCUT2D eigenvalue weighted by Crippen LogP contribution is 2.28. The number of benzene rings is 4. The number of halogens is 4. The van der Waals surface area contributed by atoms with Gasteiger partial charge >= 0.3 is 13.2 Å². The first-order chi connectivity index (χ1) is 18.3. The molecule has 0 fully saturated rings. The molecule has 0 unspecified atom stereocenters. The van der Waals surface area contributed by atoms with Gasteiger partial charge in [0, 0.05) is 28.8 Å². The topological polar surface area (TPSA) is 33.0 Å². The third kappa shape index (κ3) is 7.16. The summed E-state index contributed by atoms with van der Waals surface area (Å²) in [4.78, 5) is 13.2. The fourth-order valence-corrected chi connectivity index (χ4v) is 3.91. The van der Waals surface area contributed by atoms with Crippen molar-refractivity contribution in [1.29, 1.82) is 0 Å². The van der Waals surface area contributed by atoms with E-state index in [0.717, 1.165) is 33.6 Å². The number of rotatable bonds is 5. The summed E-state index contributed by atoms with van der Waals surface area (Å²) in [6.07, 6.45) is 0. The summed E-state index contributed by atoms with van der Waals surface area (Å²) in [5, 5.41) is 0. The van der Waals surface area contributed by atoms with E-state index in [1.165, 1.54) is 0 Å². The predicted octanol–water partition coefficient (Wildman–Crippen LogP) is 7.66. The van der Waals surface area contributed by atoms with Crippen LogP contribution in [0.4, 0.5) is 17.3 Å². The van der Waals surface area contributed by atoms with Crippen molar-refractivity contribution in [3.05, 3.63) is 139 Å². The highest BCUT2D eigenvalue weighted by atomic mass is 19.5. The van der Waals surface area contributed by atoms with E-state index < -0.39 is 7.25 Å². The number of carbonyl (C=O) groups excluding carboxylic acids is 1. The van der Waals surface area contributed by atoms with E-state index in [1.54, 1.807) is 0 Å². The molecular weight excluding hydrogens is 491 g/mol. The molecular formula is C30H23BF4N2O. The Labute approximate surface area is 218 Å². The van der Waals surface area contributed by atoms with Gasteiger partial charge in [0.1, 0.15) is 0 Å². The summed E-state index contributed by atoms with van der Waals surface area (Å²) in [7, 11) is -6.00. The van der Waals surface area contributed by atoms with Crippen molar-refractivity contribution in [3.63, 3.8) is 0 Å².